The zero-order valence-electron chi connectivity index (χ0n) is 10.2. The smallest absolute Gasteiger partial charge is 0.219 e. The van der Waals surface area contributed by atoms with Gasteiger partial charge in [0.2, 0.25) is 5.88 Å². The highest BCUT2D eigenvalue weighted by Crippen LogP contribution is 2.36. The summed E-state index contributed by atoms with van der Waals surface area (Å²) in [6.07, 6.45) is 1.68. The molecule has 0 aliphatic rings. The zero-order valence-corrected chi connectivity index (χ0v) is 13.4. The number of aromatic nitrogens is 1. The van der Waals surface area contributed by atoms with E-state index >= 15 is 0 Å². The number of hydrogen-bond acceptors (Lipinski definition) is 4. The Kier molecular flexibility index (Phi) is 4.66. The van der Waals surface area contributed by atoms with Crippen molar-refractivity contribution in [2.75, 3.05) is 12.8 Å². The molecule has 1 aromatic carbocycles. The van der Waals surface area contributed by atoms with Crippen LogP contribution >= 0.6 is 31.9 Å². The van der Waals surface area contributed by atoms with Crippen LogP contribution in [0.3, 0.4) is 0 Å². The maximum absolute atomic E-state index is 5.78. The first kappa shape index (κ1) is 14.1. The van der Waals surface area contributed by atoms with E-state index in [1.807, 2.05) is 12.1 Å². The largest absolute Gasteiger partial charge is 0.486 e. The predicted octanol–water partition coefficient (Wildman–Crippen LogP) is 3.78. The molecule has 1 heterocycles. The summed E-state index contributed by atoms with van der Waals surface area (Å²) in [5.41, 5.74) is 7.27. The molecule has 19 heavy (non-hydrogen) atoms. The number of methoxy groups -OCH3 is 1. The van der Waals surface area contributed by atoms with Crippen LogP contribution < -0.4 is 15.2 Å². The van der Waals surface area contributed by atoms with Gasteiger partial charge in [-0.2, -0.15) is 0 Å². The van der Waals surface area contributed by atoms with E-state index in [0.717, 1.165) is 14.5 Å². The molecule has 2 rings (SSSR count). The van der Waals surface area contributed by atoms with Gasteiger partial charge in [-0.15, -0.1) is 0 Å². The van der Waals surface area contributed by atoms with E-state index in [1.165, 1.54) is 0 Å². The normalized spacial score (nSPS) is 10.3. The predicted molar refractivity (Wildman–Crippen MR) is 81.4 cm³/mol. The molecule has 6 heteroatoms. The third-order valence-corrected chi connectivity index (χ3v) is 3.61. The van der Waals surface area contributed by atoms with Gasteiger partial charge >= 0.3 is 0 Å². The second-order valence-electron chi connectivity index (χ2n) is 3.77. The van der Waals surface area contributed by atoms with Crippen LogP contribution in [0.5, 0.6) is 11.6 Å². The summed E-state index contributed by atoms with van der Waals surface area (Å²) in [6.45, 7) is 0.359. The molecule has 0 saturated heterocycles. The van der Waals surface area contributed by atoms with Gasteiger partial charge in [0.15, 0.2) is 0 Å². The Bertz CT molecular complexity index is 568. The SMILES string of the molecule is COc1ncccc1COc1c(Br)cc(N)cc1Br. The van der Waals surface area contributed by atoms with Gasteiger partial charge in [-0.05, 0) is 56.1 Å². The highest BCUT2D eigenvalue weighted by Gasteiger charge is 2.10. The molecule has 0 spiro atoms. The molecule has 0 bridgehead atoms. The molecule has 0 atom stereocenters. The van der Waals surface area contributed by atoms with Crippen LogP contribution in [-0.2, 0) is 6.61 Å². The van der Waals surface area contributed by atoms with Gasteiger partial charge in [-0.1, -0.05) is 0 Å². The molecule has 0 radical (unpaired) electrons. The summed E-state index contributed by atoms with van der Waals surface area (Å²) in [5.74, 6) is 1.25. The zero-order chi connectivity index (χ0) is 13.8. The maximum Gasteiger partial charge on any atom is 0.219 e. The molecule has 0 saturated carbocycles. The topological polar surface area (TPSA) is 57.4 Å². The Balaban J connectivity index is 2.19. The Morgan fingerprint density at radius 2 is 1.95 bits per heavy atom. The van der Waals surface area contributed by atoms with Crippen LogP contribution in [0.15, 0.2) is 39.4 Å². The fourth-order valence-corrected chi connectivity index (χ4v) is 3.04. The number of nitrogens with zero attached hydrogens (tertiary/aromatic N) is 1. The summed E-state index contributed by atoms with van der Waals surface area (Å²) < 4.78 is 12.5. The van der Waals surface area contributed by atoms with Gasteiger partial charge in [-0.25, -0.2) is 4.98 Å². The van der Waals surface area contributed by atoms with Crippen molar-refractivity contribution < 1.29 is 9.47 Å². The molecular formula is C13H12Br2N2O2. The fourth-order valence-electron chi connectivity index (χ4n) is 1.59. The molecule has 2 aromatic rings. The fraction of sp³-hybridized carbons (Fsp3) is 0.154. The van der Waals surface area contributed by atoms with Gasteiger partial charge in [-0.3, -0.25) is 0 Å². The van der Waals surface area contributed by atoms with Crippen LogP contribution in [0.1, 0.15) is 5.56 Å². The quantitative estimate of drug-likeness (QED) is 0.811. The van der Waals surface area contributed by atoms with E-state index in [4.69, 9.17) is 15.2 Å². The van der Waals surface area contributed by atoms with E-state index in [0.29, 0.717) is 23.9 Å². The summed E-state index contributed by atoms with van der Waals surface area (Å²) in [6, 6.07) is 7.33. The van der Waals surface area contributed by atoms with Crippen LogP contribution in [0, 0.1) is 0 Å². The maximum atomic E-state index is 5.78. The molecule has 0 aliphatic heterocycles. The van der Waals surface area contributed by atoms with Crippen molar-refractivity contribution in [2.24, 2.45) is 0 Å². The molecule has 0 amide bonds. The first-order valence-corrected chi connectivity index (χ1v) is 7.05. The summed E-state index contributed by atoms with van der Waals surface area (Å²) in [5, 5.41) is 0. The van der Waals surface area contributed by atoms with Crippen LogP contribution in [0.2, 0.25) is 0 Å². The third-order valence-electron chi connectivity index (χ3n) is 2.44. The number of ether oxygens (including phenoxy) is 2. The summed E-state index contributed by atoms with van der Waals surface area (Å²) in [7, 11) is 1.58. The van der Waals surface area contributed by atoms with Gasteiger partial charge in [0, 0.05) is 11.9 Å². The molecular weight excluding hydrogens is 376 g/mol. The van der Waals surface area contributed by atoms with Gasteiger partial charge < -0.3 is 15.2 Å². The van der Waals surface area contributed by atoms with E-state index < -0.39 is 0 Å². The van der Waals surface area contributed by atoms with E-state index in [2.05, 4.69) is 36.8 Å². The van der Waals surface area contributed by atoms with Crippen LogP contribution in [-0.4, -0.2) is 12.1 Å². The number of pyridine rings is 1. The number of anilines is 1. The Hall–Kier alpha value is -1.27. The number of hydrogen-bond donors (Lipinski definition) is 1. The molecule has 0 unspecified atom stereocenters. The monoisotopic (exact) mass is 386 g/mol. The number of nitrogen functional groups attached to an aromatic ring is 1. The van der Waals surface area contributed by atoms with E-state index in [1.54, 1.807) is 25.4 Å². The summed E-state index contributed by atoms with van der Waals surface area (Å²) >= 11 is 6.85. The first-order valence-electron chi connectivity index (χ1n) is 5.47. The lowest BCUT2D eigenvalue weighted by Gasteiger charge is -2.12. The highest BCUT2D eigenvalue weighted by atomic mass is 79.9. The first-order chi connectivity index (χ1) is 9.11. The lowest BCUT2D eigenvalue weighted by molar-refractivity contribution is 0.290. The molecule has 0 aliphatic carbocycles. The lowest BCUT2D eigenvalue weighted by Crippen LogP contribution is -2.01. The number of rotatable bonds is 4. The van der Waals surface area contributed by atoms with Crippen molar-refractivity contribution in [3.8, 4) is 11.6 Å². The third kappa shape index (κ3) is 3.39. The van der Waals surface area contributed by atoms with E-state index in [9.17, 15) is 0 Å². The second kappa shape index (κ2) is 6.25. The minimum Gasteiger partial charge on any atom is -0.486 e. The van der Waals surface area contributed by atoms with Gasteiger partial charge in [0.25, 0.3) is 0 Å². The Morgan fingerprint density at radius 1 is 1.26 bits per heavy atom. The molecule has 4 nitrogen and oxygen atoms in total. The molecule has 0 fully saturated rings. The highest BCUT2D eigenvalue weighted by molar-refractivity contribution is 9.11. The average molecular weight is 388 g/mol. The van der Waals surface area contributed by atoms with Gasteiger partial charge in [0.05, 0.1) is 21.6 Å². The lowest BCUT2D eigenvalue weighted by atomic mass is 10.3. The minimum absolute atomic E-state index is 0.359. The van der Waals surface area contributed by atoms with Crippen molar-refractivity contribution >= 4 is 37.5 Å². The number of nitrogens with two attached hydrogens (primary N) is 1. The number of benzene rings is 1. The number of halogens is 2. The van der Waals surface area contributed by atoms with Crippen molar-refractivity contribution in [3.05, 3.63) is 45.0 Å². The summed E-state index contributed by atoms with van der Waals surface area (Å²) in [4.78, 5) is 4.12. The van der Waals surface area contributed by atoms with Crippen molar-refractivity contribution in [1.82, 2.24) is 4.98 Å². The Labute approximate surface area is 128 Å². The average Bonchev–Trinajstić information content (AvgIpc) is 2.38. The van der Waals surface area contributed by atoms with Gasteiger partial charge in [0.1, 0.15) is 12.4 Å². The second-order valence-corrected chi connectivity index (χ2v) is 5.48. The molecule has 1 aromatic heterocycles. The van der Waals surface area contributed by atoms with Crippen LogP contribution in [0.4, 0.5) is 5.69 Å². The molecule has 100 valence electrons. The Morgan fingerprint density at radius 3 is 2.58 bits per heavy atom. The van der Waals surface area contributed by atoms with Crippen molar-refractivity contribution in [3.63, 3.8) is 0 Å². The minimum atomic E-state index is 0.359. The molecule has 2 N–H and O–H groups in total. The van der Waals surface area contributed by atoms with Crippen molar-refractivity contribution in [1.29, 1.82) is 0 Å². The van der Waals surface area contributed by atoms with Crippen molar-refractivity contribution in [2.45, 2.75) is 6.61 Å². The van der Waals surface area contributed by atoms with E-state index in [-0.39, 0.29) is 0 Å². The standard InChI is InChI=1S/C13H12Br2N2O2/c1-18-13-8(3-2-4-17-13)7-19-12-10(14)5-9(16)6-11(12)15/h2-6H,7,16H2,1H3. The van der Waals surface area contributed by atoms with Crippen LogP contribution in [0.25, 0.3) is 0 Å².